The lowest BCUT2D eigenvalue weighted by atomic mass is 9.94. The van der Waals surface area contributed by atoms with Gasteiger partial charge in [0.1, 0.15) is 5.76 Å². The van der Waals surface area contributed by atoms with E-state index in [0.717, 1.165) is 44.5 Å². The molecule has 4 heterocycles. The Kier molecular flexibility index (Phi) is 5.18. The zero-order valence-corrected chi connectivity index (χ0v) is 15.6. The number of furan rings is 1. The molecular formula is C20H27N3O4. The van der Waals surface area contributed by atoms with Crippen molar-refractivity contribution in [2.45, 2.75) is 38.6 Å². The second-order valence-corrected chi connectivity index (χ2v) is 7.89. The molecule has 0 radical (unpaired) electrons. The quantitative estimate of drug-likeness (QED) is 0.801. The Morgan fingerprint density at radius 1 is 1.00 bits per heavy atom. The van der Waals surface area contributed by atoms with Gasteiger partial charge in [0, 0.05) is 45.1 Å². The Bertz CT molecular complexity index is 688. The Labute approximate surface area is 159 Å². The van der Waals surface area contributed by atoms with Crippen LogP contribution in [0.3, 0.4) is 0 Å². The lowest BCUT2D eigenvalue weighted by Crippen LogP contribution is -2.46. The molecule has 3 amide bonds. The highest BCUT2D eigenvalue weighted by Crippen LogP contribution is 2.26. The number of nitrogens with zero attached hydrogens (tertiary/aromatic N) is 3. The summed E-state index contributed by atoms with van der Waals surface area (Å²) in [6, 6.07) is 3.64. The van der Waals surface area contributed by atoms with Gasteiger partial charge in [0.15, 0.2) is 0 Å². The molecule has 1 aromatic rings. The molecule has 27 heavy (non-hydrogen) atoms. The third-order valence-corrected chi connectivity index (χ3v) is 6.06. The zero-order valence-electron chi connectivity index (χ0n) is 15.6. The van der Waals surface area contributed by atoms with Crippen LogP contribution >= 0.6 is 0 Å². The van der Waals surface area contributed by atoms with Crippen LogP contribution in [0.25, 0.3) is 0 Å². The molecule has 0 N–H and O–H groups in total. The van der Waals surface area contributed by atoms with Crippen molar-refractivity contribution in [2.75, 3.05) is 32.7 Å². The monoisotopic (exact) mass is 373 g/mol. The number of likely N-dealkylation sites (tertiary alicyclic amines) is 3. The van der Waals surface area contributed by atoms with Gasteiger partial charge in [0.25, 0.3) is 0 Å². The Morgan fingerprint density at radius 3 is 2.33 bits per heavy atom. The van der Waals surface area contributed by atoms with Crippen LogP contribution in [-0.2, 0) is 20.9 Å². The lowest BCUT2D eigenvalue weighted by Gasteiger charge is -2.34. The maximum absolute atomic E-state index is 12.9. The van der Waals surface area contributed by atoms with E-state index in [1.165, 1.54) is 0 Å². The van der Waals surface area contributed by atoms with Crippen molar-refractivity contribution in [2.24, 2.45) is 11.8 Å². The molecule has 0 saturated carbocycles. The topological polar surface area (TPSA) is 74.1 Å². The second-order valence-electron chi connectivity index (χ2n) is 7.89. The number of carbonyl (C=O) groups is 3. The fourth-order valence-electron chi connectivity index (χ4n) is 4.48. The first-order chi connectivity index (χ1) is 13.1. The molecule has 3 saturated heterocycles. The van der Waals surface area contributed by atoms with E-state index in [-0.39, 0.29) is 36.0 Å². The molecular weight excluding hydrogens is 346 g/mol. The van der Waals surface area contributed by atoms with Gasteiger partial charge in [-0.2, -0.15) is 0 Å². The summed E-state index contributed by atoms with van der Waals surface area (Å²) in [5.74, 6) is 0.824. The first-order valence-electron chi connectivity index (χ1n) is 9.99. The van der Waals surface area contributed by atoms with Crippen LogP contribution in [0.15, 0.2) is 22.8 Å². The van der Waals surface area contributed by atoms with Crippen molar-refractivity contribution in [3.8, 4) is 0 Å². The van der Waals surface area contributed by atoms with Crippen LogP contribution in [-0.4, -0.2) is 65.1 Å². The van der Waals surface area contributed by atoms with Gasteiger partial charge in [0.05, 0.1) is 18.7 Å². The summed E-state index contributed by atoms with van der Waals surface area (Å²) in [5.41, 5.74) is 0. The van der Waals surface area contributed by atoms with E-state index in [1.807, 2.05) is 15.9 Å². The summed E-state index contributed by atoms with van der Waals surface area (Å²) in [5, 5.41) is 0. The van der Waals surface area contributed by atoms with Gasteiger partial charge in [-0.05, 0) is 37.8 Å². The highest BCUT2D eigenvalue weighted by atomic mass is 16.3. The average molecular weight is 373 g/mol. The Hall–Kier alpha value is -2.31. The van der Waals surface area contributed by atoms with Gasteiger partial charge in [-0.1, -0.05) is 0 Å². The molecule has 1 aromatic heterocycles. The molecule has 3 aliphatic heterocycles. The van der Waals surface area contributed by atoms with Crippen LogP contribution in [0.4, 0.5) is 0 Å². The van der Waals surface area contributed by atoms with Crippen molar-refractivity contribution in [1.29, 1.82) is 0 Å². The highest BCUT2D eigenvalue weighted by Gasteiger charge is 2.38. The minimum atomic E-state index is -0.279. The van der Waals surface area contributed by atoms with Crippen molar-refractivity contribution in [3.05, 3.63) is 24.2 Å². The molecule has 3 aliphatic rings. The van der Waals surface area contributed by atoms with E-state index >= 15 is 0 Å². The van der Waals surface area contributed by atoms with E-state index in [1.54, 1.807) is 17.2 Å². The molecule has 1 atom stereocenters. The summed E-state index contributed by atoms with van der Waals surface area (Å²) in [4.78, 5) is 43.2. The van der Waals surface area contributed by atoms with Crippen molar-refractivity contribution in [3.63, 3.8) is 0 Å². The molecule has 0 bridgehead atoms. The predicted molar refractivity (Wildman–Crippen MR) is 97.4 cm³/mol. The average Bonchev–Trinajstić information content (AvgIpc) is 3.44. The highest BCUT2D eigenvalue weighted by molar-refractivity contribution is 5.89. The zero-order chi connectivity index (χ0) is 18.8. The summed E-state index contributed by atoms with van der Waals surface area (Å²) < 4.78 is 5.31. The fraction of sp³-hybridized carbons (Fsp3) is 0.650. The molecule has 0 aromatic carbocycles. The summed E-state index contributed by atoms with van der Waals surface area (Å²) in [6.07, 6.45) is 5.54. The minimum absolute atomic E-state index is 0.00356. The fourth-order valence-corrected chi connectivity index (χ4v) is 4.48. The van der Waals surface area contributed by atoms with Crippen molar-refractivity contribution >= 4 is 17.7 Å². The molecule has 4 rings (SSSR count). The number of hydrogen-bond acceptors (Lipinski definition) is 4. The van der Waals surface area contributed by atoms with Crippen LogP contribution in [0.2, 0.25) is 0 Å². The summed E-state index contributed by atoms with van der Waals surface area (Å²) >= 11 is 0. The molecule has 0 spiro atoms. The van der Waals surface area contributed by atoms with Crippen molar-refractivity contribution < 1.29 is 18.8 Å². The second kappa shape index (κ2) is 7.74. The Balaban J connectivity index is 1.28. The number of piperidine rings is 1. The molecule has 1 unspecified atom stereocenters. The van der Waals surface area contributed by atoms with E-state index in [9.17, 15) is 14.4 Å². The summed E-state index contributed by atoms with van der Waals surface area (Å²) in [6.45, 7) is 3.87. The third kappa shape index (κ3) is 3.87. The number of hydrogen-bond donors (Lipinski definition) is 0. The van der Waals surface area contributed by atoms with Crippen LogP contribution in [0.5, 0.6) is 0 Å². The maximum Gasteiger partial charge on any atom is 0.227 e. The minimum Gasteiger partial charge on any atom is -0.467 e. The van der Waals surface area contributed by atoms with Gasteiger partial charge in [0.2, 0.25) is 17.7 Å². The van der Waals surface area contributed by atoms with E-state index in [2.05, 4.69) is 0 Å². The largest absolute Gasteiger partial charge is 0.467 e. The third-order valence-electron chi connectivity index (χ3n) is 6.06. The standard InChI is InChI=1S/C20H27N3O4/c24-18-12-16(13-23(18)14-17-4-3-11-27-17)20(26)22-9-5-15(6-10-22)19(25)21-7-1-2-8-21/h3-4,11,15-16H,1-2,5-10,12-14H2. The summed E-state index contributed by atoms with van der Waals surface area (Å²) in [7, 11) is 0. The molecule has 0 aliphatic carbocycles. The smallest absolute Gasteiger partial charge is 0.227 e. The number of carbonyl (C=O) groups excluding carboxylic acids is 3. The lowest BCUT2D eigenvalue weighted by molar-refractivity contribution is -0.142. The van der Waals surface area contributed by atoms with Gasteiger partial charge in [-0.3, -0.25) is 14.4 Å². The van der Waals surface area contributed by atoms with Gasteiger partial charge < -0.3 is 19.1 Å². The first kappa shape index (κ1) is 18.1. The van der Waals surface area contributed by atoms with Gasteiger partial charge in [-0.15, -0.1) is 0 Å². The van der Waals surface area contributed by atoms with Gasteiger partial charge in [-0.25, -0.2) is 0 Å². The Morgan fingerprint density at radius 2 is 1.67 bits per heavy atom. The molecule has 7 nitrogen and oxygen atoms in total. The number of amides is 3. The predicted octanol–water partition coefficient (Wildman–Crippen LogP) is 1.49. The SMILES string of the molecule is O=C1CC(C(=O)N2CCC(C(=O)N3CCCC3)CC2)CN1Cc1ccco1. The van der Waals surface area contributed by atoms with E-state index in [0.29, 0.717) is 26.2 Å². The normalized spacial score (nSPS) is 24.1. The van der Waals surface area contributed by atoms with Crippen LogP contribution < -0.4 is 0 Å². The van der Waals surface area contributed by atoms with Gasteiger partial charge >= 0.3 is 0 Å². The molecule has 3 fully saturated rings. The molecule has 146 valence electrons. The van der Waals surface area contributed by atoms with E-state index < -0.39 is 0 Å². The number of rotatable bonds is 4. The van der Waals surface area contributed by atoms with E-state index in [4.69, 9.17) is 4.42 Å². The van der Waals surface area contributed by atoms with Crippen LogP contribution in [0, 0.1) is 11.8 Å². The first-order valence-corrected chi connectivity index (χ1v) is 9.99. The van der Waals surface area contributed by atoms with Crippen LogP contribution in [0.1, 0.15) is 37.9 Å². The van der Waals surface area contributed by atoms with Crippen molar-refractivity contribution in [1.82, 2.24) is 14.7 Å². The molecule has 7 heteroatoms. The maximum atomic E-state index is 12.9.